The molecule has 4 rings (SSSR count). The van der Waals surface area contributed by atoms with Crippen molar-refractivity contribution in [3.8, 4) is 0 Å². The van der Waals surface area contributed by atoms with Crippen LogP contribution in [-0.2, 0) is 4.79 Å². The number of nitrogens with zero attached hydrogens (tertiary/aromatic N) is 1. The Hall–Kier alpha value is -2.57. The predicted molar refractivity (Wildman–Crippen MR) is 104 cm³/mol. The average Bonchev–Trinajstić information content (AvgIpc) is 3.09. The molecule has 27 heavy (non-hydrogen) atoms. The van der Waals surface area contributed by atoms with Crippen molar-refractivity contribution >= 4 is 52.3 Å². The number of fused-ring (bicyclic) bond motifs is 2. The first-order valence-electron chi connectivity index (χ1n) is 8.47. The molecule has 0 radical (unpaired) electrons. The number of halogens is 2. The predicted octanol–water partition coefficient (Wildman–Crippen LogP) is 3.80. The standard InChI is InChI=1S/C19H15Cl2N3O3/c20-12-3-1-4-13(21)16(12)18(26)22-10-6-7-14-11(9-10)19(27)24-8-2-5-15(24)17(25)23-14/h1,3-4,6-7,9,15H,2,5,8H2,(H,22,26)(H,23,25). The molecule has 3 amide bonds. The lowest BCUT2D eigenvalue weighted by Crippen LogP contribution is -2.40. The molecule has 6 nitrogen and oxygen atoms in total. The molecule has 0 aromatic heterocycles. The lowest BCUT2D eigenvalue weighted by atomic mass is 10.1. The van der Waals surface area contributed by atoms with E-state index in [0.29, 0.717) is 29.9 Å². The van der Waals surface area contributed by atoms with E-state index in [-0.39, 0.29) is 27.4 Å². The molecule has 0 spiro atoms. The summed E-state index contributed by atoms with van der Waals surface area (Å²) in [5, 5.41) is 5.98. The zero-order valence-corrected chi connectivity index (χ0v) is 15.6. The van der Waals surface area contributed by atoms with Crippen LogP contribution in [0, 0.1) is 0 Å². The number of carbonyl (C=O) groups excluding carboxylic acids is 3. The fraction of sp³-hybridized carbons (Fsp3) is 0.211. The third kappa shape index (κ3) is 3.15. The number of benzene rings is 2. The second-order valence-corrected chi connectivity index (χ2v) is 7.27. The number of nitrogens with one attached hydrogen (secondary N) is 2. The topological polar surface area (TPSA) is 78.5 Å². The van der Waals surface area contributed by atoms with Gasteiger partial charge in [0.15, 0.2) is 0 Å². The van der Waals surface area contributed by atoms with Gasteiger partial charge in [-0.05, 0) is 43.2 Å². The summed E-state index contributed by atoms with van der Waals surface area (Å²) in [5.41, 5.74) is 1.36. The van der Waals surface area contributed by atoms with E-state index >= 15 is 0 Å². The Morgan fingerprint density at radius 3 is 2.63 bits per heavy atom. The summed E-state index contributed by atoms with van der Waals surface area (Å²) in [6.07, 6.45) is 1.45. The molecule has 8 heteroatoms. The molecular weight excluding hydrogens is 389 g/mol. The quantitative estimate of drug-likeness (QED) is 0.799. The Labute approximate surface area is 165 Å². The molecule has 1 fully saturated rings. The number of carbonyl (C=O) groups is 3. The largest absolute Gasteiger partial charge is 0.327 e. The van der Waals surface area contributed by atoms with Crippen molar-refractivity contribution in [2.45, 2.75) is 18.9 Å². The minimum absolute atomic E-state index is 0.162. The summed E-state index contributed by atoms with van der Waals surface area (Å²) in [5.74, 6) is -0.883. The van der Waals surface area contributed by atoms with Crippen LogP contribution in [0.5, 0.6) is 0 Å². The number of rotatable bonds is 2. The van der Waals surface area contributed by atoms with Crippen LogP contribution in [0.3, 0.4) is 0 Å². The van der Waals surface area contributed by atoms with Gasteiger partial charge in [0.1, 0.15) is 6.04 Å². The fourth-order valence-corrected chi connectivity index (χ4v) is 4.04. The van der Waals surface area contributed by atoms with Gasteiger partial charge in [0.05, 0.1) is 26.9 Å². The maximum absolute atomic E-state index is 12.9. The van der Waals surface area contributed by atoms with E-state index in [2.05, 4.69) is 10.6 Å². The van der Waals surface area contributed by atoms with Crippen molar-refractivity contribution in [1.82, 2.24) is 4.90 Å². The molecule has 1 unspecified atom stereocenters. The van der Waals surface area contributed by atoms with Crippen LogP contribution in [-0.4, -0.2) is 35.2 Å². The second kappa shape index (κ2) is 6.87. The highest BCUT2D eigenvalue weighted by atomic mass is 35.5. The van der Waals surface area contributed by atoms with Crippen LogP contribution >= 0.6 is 23.2 Å². The van der Waals surface area contributed by atoms with Crippen molar-refractivity contribution in [3.63, 3.8) is 0 Å². The van der Waals surface area contributed by atoms with Gasteiger partial charge in [0.25, 0.3) is 11.8 Å². The molecule has 2 aromatic carbocycles. The van der Waals surface area contributed by atoms with Crippen molar-refractivity contribution in [1.29, 1.82) is 0 Å². The molecular formula is C19H15Cl2N3O3. The summed E-state index contributed by atoms with van der Waals surface area (Å²) >= 11 is 12.1. The zero-order valence-electron chi connectivity index (χ0n) is 14.1. The van der Waals surface area contributed by atoms with Crippen LogP contribution < -0.4 is 10.6 Å². The molecule has 2 aromatic rings. The smallest absolute Gasteiger partial charge is 0.258 e. The van der Waals surface area contributed by atoms with Crippen LogP contribution in [0.1, 0.15) is 33.6 Å². The fourth-order valence-electron chi connectivity index (χ4n) is 3.47. The van der Waals surface area contributed by atoms with Gasteiger partial charge in [-0.3, -0.25) is 14.4 Å². The van der Waals surface area contributed by atoms with Gasteiger partial charge in [-0.25, -0.2) is 0 Å². The molecule has 2 N–H and O–H groups in total. The molecule has 0 bridgehead atoms. The maximum Gasteiger partial charge on any atom is 0.258 e. The molecule has 0 aliphatic carbocycles. The first-order chi connectivity index (χ1) is 13.0. The highest BCUT2D eigenvalue weighted by molar-refractivity contribution is 6.40. The third-order valence-electron chi connectivity index (χ3n) is 4.77. The lowest BCUT2D eigenvalue weighted by molar-refractivity contribution is -0.119. The van der Waals surface area contributed by atoms with Gasteiger partial charge in [-0.1, -0.05) is 29.3 Å². The highest BCUT2D eigenvalue weighted by Gasteiger charge is 2.38. The monoisotopic (exact) mass is 403 g/mol. The van der Waals surface area contributed by atoms with Gasteiger partial charge in [-0.15, -0.1) is 0 Å². The van der Waals surface area contributed by atoms with Crippen molar-refractivity contribution in [2.75, 3.05) is 17.2 Å². The van der Waals surface area contributed by atoms with Gasteiger partial charge in [-0.2, -0.15) is 0 Å². The van der Waals surface area contributed by atoms with Gasteiger partial charge in [0, 0.05) is 12.2 Å². The molecule has 2 heterocycles. The number of anilines is 2. The Bertz CT molecular complexity index is 956. The average molecular weight is 404 g/mol. The van der Waals surface area contributed by atoms with Crippen molar-refractivity contribution in [3.05, 3.63) is 57.6 Å². The van der Waals surface area contributed by atoms with Crippen LogP contribution in [0.4, 0.5) is 11.4 Å². The second-order valence-electron chi connectivity index (χ2n) is 6.46. The van der Waals surface area contributed by atoms with E-state index < -0.39 is 11.9 Å². The summed E-state index contributed by atoms with van der Waals surface area (Å²) in [7, 11) is 0. The molecule has 1 atom stereocenters. The van der Waals surface area contributed by atoms with E-state index in [1.54, 1.807) is 41.3 Å². The summed E-state index contributed by atoms with van der Waals surface area (Å²) in [6.45, 7) is 0.544. The normalized spacial score (nSPS) is 18.4. The minimum atomic E-state index is -0.477. The van der Waals surface area contributed by atoms with Crippen LogP contribution in [0.25, 0.3) is 0 Å². The zero-order chi connectivity index (χ0) is 19.1. The maximum atomic E-state index is 12.9. The van der Waals surface area contributed by atoms with Crippen molar-refractivity contribution < 1.29 is 14.4 Å². The van der Waals surface area contributed by atoms with Gasteiger partial charge in [0.2, 0.25) is 5.91 Å². The summed E-state index contributed by atoms with van der Waals surface area (Å²) in [6, 6.07) is 9.14. The Morgan fingerprint density at radius 1 is 1.15 bits per heavy atom. The van der Waals surface area contributed by atoms with E-state index in [0.717, 1.165) is 6.42 Å². The molecule has 2 aliphatic heterocycles. The Morgan fingerprint density at radius 2 is 1.89 bits per heavy atom. The molecule has 138 valence electrons. The highest BCUT2D eigenvalue weighted by Crippen LogP contribution is 2.31. The lowest BCUT2D eigenvalue weighted by Gasteiger charge is -2.20. The molecule has 1 saturated heterocycles. The van der Waals surface area contributed by atoms with Gasteiger partial charge < -0.3 is 15.5 Å². The van der Waals surface area contributed by atoms with Gasteiger partial charge >= 0.3 is 0 Å². The first-order valence-corrected chi connectivity index (χ1v) is 9.22. The Balaban J connectivity index is 1.65. The third-order valence-corrected chi connectivity index (χ3v) is 5.40. The number of hydrogen-bond donors (Lipinski definition) is 2. The minimum Gasteiger partial charge on any atom is -0.327 e. The summed E-state index contributed by atoms with van der Waals surface area (Å²) in [4.78, 5) is 39.3. The first kappa shape index (κ1) is 17.8. The summed E-state index contributed by atoms with van der Waals surface area (Å²) < 4.78 is 0. The van der Waals surface area contributed by atoms with Crippen LogP contribution in [0.15, 0.2) is 36.4 Å². The van der Waals surface area contributed by atoms with E-state index in [9.17, 15) is 14.4 Å². The van der Waals surface area contributed by atoms with E-state index in [1.807, 2.05) is 0 Å². The van der Waals surface area contributed by atoms with E-state index in [1.165, 1.54) is 0 Å². The van der Waals surface area contributed by atoms with Crippen LogP contribution in [0.2, 0.25) is 10.0 Å². The van der Waals surface area contributed by atoms with Crippen molar-refractivity contribution in [2.24, 2.45) is 0 Å². The van der Waals surface area contributed by atoms with E-state index in [4.69, 9.17) is 23.2 Å². The molecule has 2 aliphatic rings. The number of hydrogen-bond acceptors (Lipinski definition) is 3. The molecule has 0 saturated carbocycles. The Kier molecular flexibility index (Phi) is 4.53. The number of amides is 3. The SMILES string of the molecule is O=C(Nc1ccc2c(c1)C(=O)N1CCCC1C(=O)N2)c1c(Cl)cccc1Cl.